The Balaban J connectivity index is 1.44. The molecule has 3 N–H and O–H groups in total. The van der Waals surface area contributed by atoms with E-state index in [-0.39, 0.29) is 17.7 Å². The average molecular weight is 309 g/mol. The fraction of sp³-hybridized carbons (Fsp3) is 0.222. The van der Waals surface area contributed by atoms with E-state index < -0.39 is 6.03 Å². The molecule has 0 aromatic heterocycles. The summed E-state index contributed by atoms with van der Waals surface area (Å²) in [6.45, 7) is 1.98. The number of anilines is 1. The molecule has 0 spiro atoms. The first-order valence-electron chi connectivity index (χ1n) is 7.62. The van der Waals surface area contributed by atoms with E-state index in [2.05, 4.69) is 16.2 Å². The van der Waals surface area contributed by atoms with Crippen LogP contribution in [0.15, 0.2) is 54.6 Å². The Kier molecular flexibility index (Phi) is 4.28. The number of amides is 3. The van der Waals surface area contributed by atoms with E-state index in [9.17, 15) is 9.59 Å². The van der Waals surface area contributed by atoms with E-state index in [4.69, 9.17) is 0 Å². The van der Waals surface area contributed by atoms with Crippen LogP contribution in [0.2, 0.25) is 0 Å². The first-order chi connectivity index (χ1) is 11.1. The Hall–Kier alpha value is -2.82. The fourth-order valence-corrected chi connectivity index (χ4v) is 2.56. The van der Waals surface area contributed by atoms with Gasteiger partial charge in [0.05, 0.1) is 0 Å². The third-order valence-electron chi connectivity index (χ3n) is 3.96. The number of rotatable bonds is 3. The first-order valence-corrected chi connectivity index (χ1v) is 7.62. The molecule has 2 atom stereocenters. The predicted molar refractivity (Wildman–Crippen MR) is 88.8 cm³/mol. The second-order valence-electron chi connectivity index (χ2n) is 5.79. The Morgan fingerprint density at radius 1 is 0.957 bits per heavy atom. The van der Waals surface area contributed by atoms with Gasteiger partial charge in [0.25, 0.3) is 0 Å². The second-order valence-corrected chi connectivity index (χ2v) is 5.79. The molecule has 0 unspecified atom stereocenters. The van der Waals surface area contributed by atoms with Crippen molar-refractivity contribution in [1.29, 1.82) is 0 Å². The van der Waals surface area contributed by atoms with Crippen molar-refractivity contribution in [3.05, 3.63) is 65.7 Å². The van der Waals surface area contributed by atoms with Gasteiger partial charge in [-0.25, -0.2) is 10.2 Å². The van der Waals surface area contributed by atoms with Crippen LogP contribution in [0.1, 0.15) is 23.5 Å². The minimum Gasteiger partial charge on any atom is -0.307 e. The van der Waals surface area contributed by atoms with Gasteiger partial charge in [-0.05, 0) is 37.0 Å². The SMILES string of the molecule is Cc1ccc(NC(=O)NNC(=O)[C@H]2C[C@@H]2c2ccccc2)cc1. The maximum atomic E-state index is 12.0. The zero-order valence-electron chi connectivity index (χ0n) is 12.9. The number of hydrazine groups is 1. The van der Waals surface area contributed by atoms with Gasteiger partial charge in [-0.3, -0.25) is 10.2 Å². The minimum absolute atomic E-state index is 0.0722. The molecular weight excluding hydrogens is 290 g/mol. The number of hydrogen-bond donors (Lipinski definition) is 3. The number of aryl methyl sites for hydroxylation is 1. The lowest BCUT2D eigenvalue weighted by Crippen LogP contribution is -2.44. The zero-order chi connectivity index (χ0) is 16.2. The molecule has 0 saturated heterocycles. The van der Waals surface area contributed by atoms with Crippen molar-refractivity contribution < 1.29 is 9.59 Å². The smallest absolute Gasteiger partial charge is 0.307 e. The topological polar surface area (TPSA) is 70.2 Å². The molecule has 5 heteroatoms. The van der Waals surface area contributed by atoms with Crippen molar-refractivity contribution in [3.63, 3.8) is 0 Å². The van der Waals surface area contributed by atoms with Crippen LogP contribution in [0.25, 0.3) is 0 Å². The highest BCUT2D eigenvalue weighted by Gasteiger charge is 2.43. The van der Waals surface area contributed by atoms with Gasteiger partial charge in [-0.2, -0.15) is 0 Å². The van der Waals surface area contributed by atoms with Gasteiger partial charge in [0.2, 0.25) is 5.91 Å². The zero-order valence-corrected chi connectivity index (χ0v) is 12.9. The lowest BCUT2D eigenvalue weighted by Gasteiger charge is -2.09. The van der Waals surface area contributed by atoms with Gasteiger partial charge < -0.3 is 5.32 Å². The lowest BCUT2D eigenvalue weighted by molar-refractivity contribution is -0.123. The van der Waals surface area contributed by atoms with Gasteiger partial charge in [-0.15, -0.1) is 0 Å². The van der Waals surface area contributed by atoms with Crippen LogP contribution in [-0.2, 0) is 4.79 Å². The molecule has 2 aromatic rings. The van der Waals surface area contributed by atoms with Crippen LogP contribution < -0.4 is 16.2 Å². The molecule has 2 aromatic carbocycles. The van der Waals surface area contributed by atoms with Crippen molar-refractivity contribution >= 4 is 17.6 Å². The molecule has 1 aliphatic rings. The average Bonchev–Trinajstić information content (AvgIpc) is 3.36. The van der Waals surface area contributed by atoms with Crippen molar-refractivity contribution in [2.24, 2.45) is 5.92 Å². The van der Waals surface area contributed by atoms with Gasteiger partial charge in [0.15, 0.2) is 0 Å². The molecule has 5 nitrogen and oxygen atoms in total. The predicted octanol–water partition coefficient (Wildman–Crippen LogP) is 2.95. The molecular formula is C18H19N3O2. The largest absolute Gasteiger partial charge is 0.337 e. The molecule has 3 rings (SSSR count). The third kappa shape index (κ3) is 3.88. The van der Waals surface area contributed by atoms with Gasteiger partial charge in [0.1, 0.15) is 0 Å². The molecule has 1 aliphatic carbocycles. The van der Waals surface area contributed by atoms with E-state index in [1.807, 2.05) is 61.5 Å². The van der Waals surface area contributed by atoms with Crippen LogP contribution in [0, 0.1) is 12.8 Å². The summed E-state index contributed by atoms with van der Waals surface area (Å²) in [6.07, 6.45) is 0.817. The Morgan fingerprint density at radius 3 is 2.35 bits per heavy atom. The normalized spacial score (nSPS) is 18.8. The van der Waals surface area contributed by atoms with Crippen molar-refractivity contribution in [3.8, 4) is 0 Å². The summed E-state index contributed by atoms with van der Waals surface area (Å²) in [5, 5.41) is 2.66. The molecule has 23 heavy (non-hydrogen) atoms. The number of nitrogens with one attached hydrogen (secondary N) is 3. The molecule has 0 aliphatic heterocycles. The summed E-state index contributed by atoms with van der Waals surface area (Å²) in [5.74, 6) is 0.0214. The van der Waals surface area contributed by atoms with E-state index in [1.165, 1.54) is 0 Å². The summed E-state index contributed by atoms with van der Waals surface area (Å²) in [6, 6.07) is 16.9. The Bertz CT molecular complexity index is 698. The third-order valence-corrected chi connectivity index (χ3v) is 3.96. The molecule has 0 radical (unpaired) electrons. The summed E-state index contributed by atoms with van der Waals surface area (Å²) >= 11 is 0. The first kappa shape index (κ1) is 15.1. The van der Waals surface area contributed by atoms with Gasteiger partial charge in [-0.1, -0.05) is 48.0 Å². The Labute approximate surface area is 135 Å². The highest BCUT2D eigenvalue weighted by Crippen LogP contribution is 2.47. The van der Waals surface area contributed by atoms with Crippen LogP contribution in [-0.4, -0.2) is 11.9 Å². The summed E-state index contributed by atoms with van der Waals surface area (Å²) in [5.41, 5.74) is 7.82. The Morgan fingerprint density at radius 2 is 1.65 bits per heavy atom. The molecule has 1 saturated carbocycles. The van der Waals surface area contributed by atoms with E-state index in [0.717, 1.165) is 17.5 Å². The summed E-state index contributed by atoms with van der Waals surface area (Å²) in [7, 11) is 0. The van der Waals surface area contributed by atoms with Crippen LogP contribution in [0.3, 0.4) is 0 Å². The molecule has 0 bridgehead atoms. The van der Waals surface area contributed by atoms with Crippen LogP contribution in [0.5, 0.6) is 0 Å². The highest BCUT2D eigenvalue weighted by atomic mass is 16.2. The van der Waals surface area contributed by atoms with Crippen molar-refractivity contribution in [2.45, 2.75) is 19.3 Å². The number of urea groups is 1. The highest BCUT2D eigenvalue weighted by molar-refractivity contribution is 5.91. The fourth-order valence-electron chi connectivity index (χ4n) is 2.56. The maximum Gasteiger partial charge on any atom is 0.337 e. The van der Waals surface area contributed by atoms with Crippen LogP contribution >= 0.6 is 0 Å². The standard InChI is InChI=1S/C18H19N3O2/c1-12-7-9-14(10-8-12)19-18(23)21-20-17(22)16-11-15(16)13-5-3-2-4-6-13/h2-10,15-16H,11H2,1H3,(H,20,22)(H2,19,21,23)/t15-,16+/m1/s1. The number of carbonyl (C=O) groups is 2. The molecule has 118 valence electrons. The lowest BCUT2D eigenvalue weighted by atomic mass is 10.1. The van der Waals surface area contributed by atoms with Gasteiger partial charge >= 0.3 is 6.03 Å². The number of carbonyl (C=O) groups excluding carboxylic acids is 2. The maximum absolute atomic E-state index is 12.0. The van der Waals surface area contributed by atoms with E-state index in [1.54, 1.807) is 0 Å². The van der Waals surface area contributed by atoms with Crippen molar-refractivity contribution in [2.75, 3.05) is 5.32 Å². The monoisotopic (exact) mass is 309 g/mol. The quantitative estimate of drug-likeness (QED) is 0.763. The summed E-state index contributed by atoms with van der Waals surface area (Å²) in [4.78, 5) is 23.8. The van der Waals surface area contributed by atoms with Crippen LogP contribution in [0.4, 0.5) is 10.5 Å². The second kappa shape index (κ2) is 6.52. The minimum atomic E-state index is -0.459. The molecule has 1 fully saturated rings. The van der Waals surface area contributed by atoms with E-state index in [0.29, 0.717) is 5.69 Å². The number of benzene rings is 2. The number of hydrogen-bond acceptors (Lipinski definition) is 2. The van der Waals surface area contributed by atoms with E-state index >= 15 is 0 Å². The molecule has 0 heterocycles. The summed E-state index contributed by atoms with van der Waals surface area (Å²) < 4.78 is 0. The van der Waals surface area contributed by atoms with Crippen molar-refractivity contribution in [1.82, 2.24) is 10.9 Å². The molecule has 3 amide bonds. The van der Waals surface area contributed by atoms with Gasteiger partial charge in [0, 0.05) is 11.6 Å².